The Labute approximate surface area is 407 Å². The van der Waals surface area contributed by atoms with Crippen LogP contribution in [0.1, 0.15) is 118 Å². The molecule has 368 valence electrons. The summed E-state index contributed by atoms with van der Waals surface area (Å²) in [7, 11) is 0. The largest absolute Gasteiger partial charge is 0.435 e. The molecular weight excluding hydrogens is 955 g/mol. The molecule has 4 aliphatic heterocycles. The van der Waals surface area contributed by atoms with Crippen molar-refractivity contribution in [1.82, 2.24) is 39.3 Å². The van der Waals surface area contributed by atoms with Gasteiger partial charge < -0.3 is 9.68 Å². The van der Waals surface area contributed by atoms with Gasteiger partial charge in [0, 0.05) is 46.8 Å². The van der Waals surface area contributed by atoms with Gasteiger partial charge >= 0.3 is 12.4 Å². The number of oxime groups is 2. The van der Waals surface area contributed by atoms with Crippen LogP contribution in [0.3, 0.4) is 0 Å². The number of ketones is 1. The third-order valence-corrected chi connectivity index (χ3v) is 15.9. The van der Waals surface area contributed by atoms with Gasteiger partial charge in [0.1, 0.15) is 11.4 Å². The predicted molar refractivity (Wildman–Crippen MR) is 251 cm³/mol. The minimum atomic E-state index is -4.71. The number of benzene rings is 2. The second-order valence-corrected chi connectivity index (χ2v) is 20.2. The van der Waals surface area contributed by atoms with Crippen molar-refractivity contribution in [3.8, 4) is 0 Å². The average Bonchev–Trinajstić information content (AvgIpc) is 4.23. The number of nitrogens with zero attached hydrogens (tertiary/aromatic N) is 10. The van der Waals surface area contributed by atoms with Crippen LogP contribution in [-0.4, -0.2) is 94.8 Å². The Morgan fingerprint density at radius 1 is 0.629 bits per heavy atom. The van der Waals surface area contributed by atoms with Gasteiger partial charge in [-0.05, 0) is 89.0 Å². The quantitative estimate of drug-likeness (QED) is 0.0980. The number of aryl methyl sites for hydroxylation is 2. The van der Waals surface area contributed by atoms with E-state index in [1.54, 1.807) is 0 Å². The van der Waals surface area contributed by atoms with Crippen LogP contribution in [0.4, 0.5) is 26.3 Å². The van der Waals surface area contributed by atoms with Gasteiger partial charge in [0.25, 0.3) is 0 Å². The summed E-state index contributed by atoms with van der Waals surface area (Å²) in [5.41, 5.74) is 3.41. The normalized spacial score (nSPS) is 20.8. The molecule has 6 aromatic rings. The number of halogens is 6. The summed E-state index contributed by atoms with van der Waals surface area (Å²) in [5, 5.41) is 22.3. The molecule has 0 aliphatic carbocycles. The van der Waals surface area contributed by atoms with Crippen molar-refractivity contribution in [3.05, 3.63) is 139 Å². The molecule has 0 spiro atoms. The number of alkyl halides is 6. The first-order valence-corrected chi connectivity index (χ1v) is 25.1. The molecule has 4 aliphatic rings. The smallest absolute Gasteiger partial charge is 0.387 e. The molecule has 0 N–H and O–H groups in total. The first-order valence-electron chi connectivity index (χ1n) is 23.4. The molecule has 70 heavy (non-hydrogen) atoms. The van der Waals surface area contributed by atoms with Crippen molar-refractivity contribution in [2.45, 2.75) is 114 Å². The first kappa shape index (κ1) is 47.9. The minimum Gasteiger partial charge on any atom is -0.387 e. The van der Waals surface area contributed by atoms with Crippen molar-refractivity contribution in [2.24, 2.45) is 10.3 Å². The lowest BCUT2D eigenvalue weighted by atomic mass is 9.91. The Morgan fingerprint density at radius 2 is 1.01 bits per heavy atom. The van der Waals surface area contributed by atoms with E-state index in [0.717, 1.165) is 56.1 Å². The van der Waals surface area contributed by atoms with Gasteiger partial charge in [0.2, 0.25) is 0 Å². The summed E-state index contributed by atoms with van der Waals surface area (Å²) in [5.74, 6) is -0.223. The fourth-order valence-corrected chi connectivity index (χ4v) is 11.9. The van der Waals surface area contributed by atoms with Crippen LogP contribution < -0.4 is 0 Å². The predicted octanol–water partition coefficient (Wildman–Crippen LogP) is 10.1. The molecule has 4 unspecified atom stereocenters. The number of likely N-dealkylation sites (tertiary alicyclic amines) is 2. The number of thiazole rings is 2. The lowest BCUT2D eigenvalue weighted by Gasteiger charge is -2.41. The molecule has 0 saturated carbocycles. The van der Waals surface area contributed by atoms with Crippen LogP contribution in [0.15, 0.2) is 93.9 Å². The lowest BCUT2D eigenvalue weighted by Crippen LogP contribution is -2.57. The Morgan fingerprint density at radius 3 is 1.37 bits per heavy atom. The van der Waals surface area contributed by atoms with Crippen molar-refractivity contribution in [1.29, 1.82) is 0 Å². The van der Waals surface area contributed by atoms with E-state index in [-0.39, 0.29) is 54.3 Å². The third kappa shape index (κ3) is 10.3. The third-order valence-electron chi connectivity index (χ3n) is 13.8. The zero-order chi connectivity index (χ0) is 48.7. The molecule has 2 saturated heterocycles. The monoisotopic (exact) mass is 1000 g/mol. The molecule has 0 amide bonds. The molecule has 2 fully saturated rings. The second-order valence-electron chi connectivity index (χ2n) is 18.4. The van der Waals surface area contributed by atoms with Crippen molar-refractivity contribution in [2.75, 3.05) is 26.2 Å². The molecule has 4 atom stereocenters. The zero-order valence-electron chi connectivity index (χ0n) is 38.3. The van der Waals surface area contributed by atoms with E-state index >= 15 is 4.79 Å². The number of carbonyl (C=O) groups is 1. The fraction of sp³-hybridized carbons (Fsp3) is 0.449. The highest BCUT2D eigenvalue weighted by Crippen LogP contribution is 2.38. The molecule has 0 bridgehead atoms. The van der Waals surface area contributed by atoms with E-state index in [0.29, 0.717) is 64.7 Å². The Bertz CT molecular complexity index is 2650. The van der Waals surface area contributed by atoms with Crippen LogP contribution in [-0.2, 0) is 39.9 Å². The maximum absolute atomic E-state index is 15.5. The summed E-state index contributed by atoms with van der Waals surface area (Å²) in [6.45, 7) is 4.35. The maximum Gasteiger partial charge on any atom is 0.435 e. The number of piperidine rings is 2. The fourth-order valence-electron chi connectivity index (χ4n) is 9.87. The standard InChI is InChI=1S/C49H50F6N10O3S2/c1-29-21-43(48(50,51)52)58-64(29)25-39(62-17-13-33(14-18-62)46-56-37(27-69-46)35-23-41(67-60-35)31-9-5-3-6-10-31)45(66)40(26-65-30(2)22-44(59-65)49(53,54)55)63-19-15-34(16-20-63)47-57-38(28-70-47)36-24-42(68-61-36)32-11-7-4-8-12-32/h3-12,21-22,27-28,33-34,39-42H,13-20,23-26H2,1-2H3. The zero-order valence-corrected chi connectivity index (χ0v) is 39.9. The van der Waals surface area contributed by atoms with E-state index < -0.39 is 35.8 Å². The Balaban J connectivity index is 0.877. The molecule has 0 radical (unpaired) electrons. The molecule has 13 nitrogen and oxygen atoms in total. The van der Waals surface area contributed by atoms with E-state index in [9.17, 15) is 26.3 Å². The number of Topliss-reactive ketones (excluding diaryl/α,β-unsaturated/α-hetero) is 1. The van der Waals surface area contributed by atoms with Gasteiger partial charge in [0.05, 0.1) is 46.6 Å². The highest BCUT2D eigenvalue weighted by Gasteiger charge is 2.42. The van der Waals surface area contributed by atoms with Crippen LogP contribution >= 0.6 is 22.7 Å². The number of carbonyl (C=O) groups excluding carboxylic acids is 1. The summed E-state index contributed by atoms with van der Waals surface area (Å²) >= 11 is 3.07. The highest BCUT2D eigenvalue weighted by molar-refractivity contribution is 7.10. The van der Waals surface area contributed by atoms with Gasteiger partial charge in [0.15, 0.2) is 29.4 Å². The summed E-state index contributed by atoms with van der Waals surface area (Å²) in [6, 6.07) is 19.7. The van der Waals surface area contributed by atoms with Crippen LogP contribution in [0.2, 0.25) is 0 Å². The van der Waals surface area contributed by atoms with Gasteiger partial charge in [-0.2, -0.15) is 36.5 Å². The van der Waals surface area contributed by atoms with Gasteiger partial charge in [-0.15, -0.1) is 22.7 Å². The van der Waals surface area contributed by atoms with Crippen molar-refractivity contribution in [3.63, 3.8) is 0 Å². The van der Waals surface area contributed by atoms with Crippen LogP contribution in [0.25, 0.3) is 0 Å². The lowest BCUT2D eigenvalue weighted by molar-refractivity contribution is -0.142. The average molecular weight is 1010 g/mol. The van der Waals surface area contributed by atoms with Crippen molar-refractivity contribution < 1.29 is 40.8 Å². The number of hydrogen-bond acceptors (Lipinski definition) is 13. The van der Waals surface area contributed by atoms with E-state index in [2.05, 4.69) is 20.5 Å². The summed E-state index contributed by atoms with van der Waals surface area (Å²) < 4.78 is 86.5. The Hall–Kier alpha value is -5.77. The van der Waals surface area contributed by atoms with Crippen molar-refractivity contribution >= 4 is 39.9 Å². The SMILES string of the molecule is Cc1cc(C(F)(F)F)nn1CC(C(=O)C(Cn1nc(C(F)(F)F)cc1C)N1CCC(c2nc(C3=NOC(c4ccccc4)C3)cs2)CC1)N1CCC(c2nc(C3=NOC(c4ccccc4)C3)cs2)CC1. The first-order chi connectivity index (χ1) is 33.6. The summed E-state index contributed by atoms with van der Waals surface area (Å²) in [6.07, 6.45) is -6.19. The van der Waals surface area contributed by atoms with Gasteiger partial charge in [-0.3, -0.25) is 24.0 Å². The molecule has 2 aromatic carbocycles. The number of aromatic nitrogens is 6. The Kier molecular flexibility index (Phi) is 13.5. The van der Waals surface area contributed by atoms with Gasteiger partial charge in [-0.1, -0.05) is 71.0 Å². The van der Waals surface area contributed by atoms with E-state index in [1.807, 2.05) is 81.2 Å². The maximum atomic E-state index is 15.5. The molecule has 10 rings (SSSR count). The number of hydrogen-bond donors (Lipinski definition) is 0. The highest BCUT2D eigenvalue weighted by atomic mass is 32.1. The number of rotatable bonds is 14. The minimum absolute atomic E-state index is 0.0501. The summed E-state index contributed by atoms with van der Waals surface area (Å²) in [4.78, 5) is 40.9. The molecular formula is C49H50F6N10O3S2. The van der Waals surface area contributed by atoms with Crippen LogP contribution in [0, 0.1) is 13.8 Å². The molecule has 4 aromatic heterocycles. The topological polar surface area (TPSA) is 128 Å². The molecule has 21 heteroatoms. The van der Waals surface area contributed by atoms with Gasteiger partial charge in [-0.25, -0.2) is 9.97 Å². The van der Waals surface area contributed by atoms with Crippen LogP contribution in [0.5, 0.6) is 0 Å². The van der Waals surface area contributed by atoms with E-state index in [4.69, 9.17) is 19.6 Å². The second kappa shape index (κ2) is 19.8. The molecule has 8 heterocycles. The van der Waals surface area contributed by atoms with E-state index in [1.165, 1.54) is 45.9 Å².